The second-order valence-electron chi connectivity index (χ2n) is 5.33. The summed E-state index contributed by atoms with van der Waals surface area (Å²) in [6.45, 7) is 11.3. The monoisotopic (exact) mass is 288 g/mol. The Hall–Kier alpha value is -0.200. The van der Waals surface area contributed by atoms with Crippen LogP contribution in [-0.2, 0) is 14.2 Å². The molecule has 0 radical (unpaired) electrons. The number of nitrogens with zero attached hydrogens (tertiary/aromatic N) is 1. The predicted octanol–water partition coefficient (Wildman–Crippen LogP) is 0.988. The van der Waals surface area contributed by atoms with Gasteiger partial charge in [0.15, 0.2) is 0 Å². The Morgan fingerprint density at radius 2 is 1.85 bits per heavy atom. The van der Waals surface area contributed by atoms with E-state index in [4.69, 9.17) is 14.2 Å². The van der Waals surface area contributed by atoms with Crippen molar-refractivity contribution in [1.29, 1.82) is 0 Å². The molecule has 0 saturated carbocycles. The average Bonchev–Trinajstić information content (AvgIpc) is 2.48. The van der Waals surface area contributed by atoms with E-state index in [2.05, 4.69) is 17.1 Å². The fourth-order valence-corrected chi connectivity index (χ4v) is 2.53. The molecule has 1 rings (SSSR count). The molecular formula is C15H32N2O3. The lowest BCUT2D eigenvalue weighted by Gasteiger charge is -2.32. The maximum atomic E-state index is 5.61. The van der Waals surface area contributed by atoms with Gasteiger partial charge in [-0.15, -0.1) is 0 Å². The molecule has 0 aromatic rings. The van der Waals surface area contributed by atoms with Gasteiger partial charge in [0, 0.05) is 20.2 Å². The van der Waals surface area contributed by atoms with Gasteiger partial charge in [0.2, 0.25) is 0 Å². The summed E-state index contributed by atoms with van der Waals surface area (Å²) in [4.78, 5) is 2.53. The highest BCUT2D eigenvalue weighted by molar-refractivity contribution is 4.74. The Balaban J connectivity index is 1.93. The topological polar surface area (TPSA) is 43.0 Å². The molecule has 1 saturated heterocycles. The van der Waals surface area contributed by atoms with Crippen LogP contribution in [0.1, 0.15) is 19.8 Å². The number of methoxy groups -OCH3 is 1. The highest BCUT2D eigenvalue weighted by Crippen LogP contribution is 2.15. The van der Waals surface area contributed by atoms with Crippen LogP contribution in [0, 0.1) is 5.92 Å². The van der Waals surface area contributed by atoms with Crippen molar-refractivity contribution in [3.8, 4) is 0 Å². The van der Waals surface area contributed by atoms with E-state index in [1.54, 1.807) is 7.11 Å². The first kappa shape index (κ1) is 17.9. The molecule has 1 atom stereocenters. The van der Waals surface area contributed by atoms with Crippen LogP contribution >= 0.6 is 0 Å². The minimum absolute atomic E-state index is 0.651. The quantitative estimate of drug-likeness (QED) is 0.543. The van der Waals surface area contributed by atoms with Gasteiger partial charge in [-0.3, -0.25) is 0 Å². The summed E-state index contributed by atoms with van der Waals surface area (Å²) >= 11 is 0. The molecule has 5 heteroatoms. The van der Waals surface area contributed by atoms with E-state index in [-0.39, 0.29) is 0 Å². The number of likely N-dealkylation sites (tertiary alicyclic amines) is 1. The lowest BCUT2D eigenvalue weighted by Crippen LogP contribution is -2.41. The third kappa shape index (κ3) is 8.87. The number of rotatable bonds is 12. The number of nitrogens with one attached hydrogen (secondary N) is 1. The first-order valence-electron chi connectivity index (χ1n) is 7.94. The smallest absolute Gasteiger partial charge is 0.0701 e. The summed E-state index contributed by atoms with van der Waals surface area (Å²) in [7, 11) is 1.68. The minimum atomic E-state index is 0.651. The van der Waals surface area contributed by atoms with Gasteiger partial charge in [-0.25, -0.2) is 0 Å². The van der Waals surface area contributed by atoms with E-state index >= 15 is 0 Å². The van der Waals surface area contributed by atoms with Crippen LogP contribution in [0.3, 0.4) is 0 Å². The van der Waals surface area contributed by atoms with Crippen molar-refractivity contribution in [2.45, 2.75) is 19.8 Å². The minimum Gasteiger partial charge on any atom is -0.382 e. The van der Waals surface area contributed by atoms with Crippen LogP contribution in [0.4, 0.5) is 0 Å². The lowest BCUT2D eigenvalue weighted by atomic mass is 9.98. The molecule has 0 aliphatic carbocycles. The Morgan fingerprint density at radius 1 is 1.10 bits per heavy atom. The van der Waals surface area contributed by atoms with E-state index in [0.29, 0.717) is 26.4 Å². The highest BCUT2D eigenvalue weighted by atomic mass is 16.5. The first-order valence-corrected chi connectivity index (χ1v) is 7.94. The van der Waals surface area contributed by atoms with Crippen LogP contribution in [-0.4, -0.2) is 77.8 Å². The first-order chi connectivity index (χ1) is 9.86. The summed E-state index contributed by atoms with van der Waals surface area (Å²) in [5, 5.41) is 3.45. The Labute approximate surface area is 123 Å². The van der Waals surface area contributed by atoms with Crippen molar-refractivity contribution in [1.82, 2.24) is 10.2 Å². The number of hydrogen-bond acceptors (Lipinski definition) is 5. The standard InChI is InChI=1S/C15H32N2O3/c1-3-16-13-15-5-4-6-17(14-15)7-8-19-11-12-20-10-9-18-2/h15-16H,3-14H2,1-2H3. The van der Waals surface area contributed by atoms with Crippen LogP contribution in [0.5, 0.6) is 0 Å². The summed E-state index contributed by atoms with van der Waals surface area (Å²) in [6, 6.07) is 0. The van der Waals surface area contributed by atoms with Crippen LogP contribution in [0.2, 0.25) is 0 Å². The number of hydrogen-bond donors (Lipinski definition) is 1. The van der Waals surface area contributed by atoms with E-state index in [1.807, 2.05) is 0 Å². The van der Waals surface area contributed by atoms with E-state index in [1.165, 1.54) is 25.9 Å². The zero-order chi connectivity index (χ0) is 14.5. The second-order valence-corrected chi connectivity index (χ2v) is 5.33. The van der Waals surface area contributed by atoms with Crippen LogP contribution in [0.15, 0.2) is 0 Å². The Morgan fingerprint density at radius 3 is 2.60 bits per heavy atom. The van der Waals surface area contributed by atoms with Gasteiger partial charge in [0.05, 0.1) is 33.0 Å². The fourth-order valence-electron chi connectivity index (χ4n) is 2.53. The van der Waals surface area contributed by atoms with Crippen molar-refractivity contribution in [3.63, 3.8) is 0 Å². The maximum absolute atomic E-state index is 5.61. The molecule has 5 nitrogen and oxygen atoms in total. The van der Waals surface area contributed by atoms with E-state index in [9.17, 15) is 0 Å². The summed E-state index contributed by atoms with van der Waals surface area (Å²) < 4.78 is 15.9. The van der Waals surface area contributed by atoms with Gasteiger partial charge >= 0.3 is 0 Å². The third-order valence-electron chi connectivity index (χ3n) is 3.64. The predicted molar refractivity (Wildman–Crippen MR) is 81.2 cm³/mol. The van der Waals surface area contributed by atoms with Crippen LogP contribution in [0.25, 0.3) is 0 Å². The van der Waals surface area contributed by atoms with Crippen LogP contribution < -0.4 is 5.32 Å². The zero-order valence-corrected chi connectivity index (χ0v) is 13.2. The number of ether oxygens (including phenoxy) is 3. The molecule has 120 valence electrons. The number of piperidine rings is 1. The molecule has 1 unspecified atom stereocenters. The van der Waals surface area contributed by atoms with Gasteiger partial charge in [-0.05, 0) is 38.4 Å². The average molecular weight is 288 g/mol. The van der Waals surface area contributed by atoms with Crippen molar-refractivity contribution in [3.05, 3.63) is 0 Å². The van der Waals surface area contributed by atoms with Crippen molar-refractivity contribution in [2.24, 2.45) is 5.92 Å². The maximum Gasteiger partial charge on any atom is 0.0701 e. The molecule has 0 amide bonds. The molecule has 0 aromatic carbocycles. The van der Waals surface area contributed by atoms with Gasteiger partial charge in [0.25, 0.3) is 0 Å². The molecular weight excluding hydrogens is 256 g/mol. The molecule has 1 aliphatic heterocycles. The molecule has 1 aliphatic rings. The Bertz CT molecular complexity index is 217. The molecule has 20 heavy (non-hydrogen) atoms. The summed E-state index contributed by atoms with van der Waals surface area (Å²) in [5.74, 6) is 0.807. The summed E-state index contributed by atoms with van der Waals surface area (Å²) in [6.07, 6.45) is 2.67. The van der Waals surface area contributed by atoms with Gasteiger partial charge < -0.3 is 24.4 Å². The van der Waals surface area contributed by atoms with Crippen molar-refractivity contribution < 1.29 is 14.2 Å². The normalized spacial score (nSPS) is 20.4. The largest absolute Gasteiger partial charge is 0.382 e. The molecule has 1 heterocycles. The fraction of sp³-hybridized carbons (Fsp3) is 1.00. The van der Waals surface area contributed by atoms with E-state index in [0.717, 1.165) is 32.2 Å². The molecule has 0 aromatic heterocycles. The SMILES string of the molecule is CCNCC1CCCN(CCOCCOCCOC)C1. The summed E-state index contributed by atoms with van der Waals surface area (Å²) in [5.41, 5.74) is 0. The van der Waals surface area contributed by atoms with Crippen molar-refractivity contribution >= 4 is 0 Å². The molecule has 0 spiro atoms. The zero-order valence-electron chi connectivity index (χ0n) is 13.2. The third-order valence-corrected chi connectivity index (χ3v) is 3.64. The molecule has 1 fully saturated rings. The van der Waals surface area contributed by atoms with Gasteiger partial charge in [-0.2, -0.15) is 0 Å². The molecule has 1 N–H and O–H groups in total. The van der Waals surface area contributed by atoms with Crippen molar-refractivity contribution in [2.75, 3.05) is 72.9 Å². The molecule has 0 bridgehead atoms. The lowest BCUT2D eigenvalue weighted by molar-refractivity contribution is 0.0167. The highest BCUT2D eigenvalue weighted by Gasteiger charge is 2.18. The second kappa shape index (κ2) is 12.5. The van der Waals surface area contributed by atoms with Gasteiger partial charge in [-0.1, -0.05) is 6.92 Å². The Kier molecular flexibility index (Phi) is 11.2. The van der Waals surface area contributed by atoms with Gasteiger partial charge in [0.1, 0.15) is 0 Å². The van der Waals surface area contributed by atoms with E-state index < -0.39 is 0 Å².